The molecule has 28 heavy (non-hydrogen) atoms. The Hall–Kier alpha value is -0.200. The molecule has 0 bridgehead atoms. The predicted molar refractivity (Wildman–Crippen MR) is 114 cm³/mol. The van der Waals surface area contributed by atoms with Crippen molar-refractivity contribution in [3.8, 4) is 0 Å². The highest BCUT2D eigenvalue weighted by molar-refractivity contribution is 4.94. The van der Waals surface area contributed by atoms with Crippen LogP contribution in [-0.2, 0) is 23.7 Å². The fourth-order valence-corrected chi connectivity index (χ4v) is 3.39. The first kappa shape index (κ1) is 25.8. The van der Waals surface area contributed by atoms with Crippen molar-refractivity contribution in [2.24, 2.45) is 0 Å². The Labute approximate surface area is 173 Å². The fraction of sp³-hybridized carbons (Fsp3) is 1.00. The molecule has 2 unspecified atom stereocenters. The van der Waals surface area contributed by atoms with Gasteiger partial charge in [0, 0.05) is 26.4 Å². The maximum atomic E-state index is 6.35. The van der Waals surface area contributed by atoms with Gasteiger partial charge in [-0.2, -0.15) is 0 Å². The first-order valence-corrected chi connectivity index (χ1v) is 11.8. The molecule has 0 aromatic rings. The van der Waals surface area contributed by atoms with Crippen LogP contribution in [0.25, 0.3) is 0 Å². The highest BCUT2D eigenvalue weighted by Crippen LogP contribution is 2.29. The molecule has 168 valence electrons. The molecule has 5 atom stereocenters. The minimum Gasteiger partial charge on any atom is -0.379 e. The molecule has 1 aliphatic heterocycles. The molecule has 0 N–H and O–H groups in total. The average Bonchev–Trinajstić information content (AvgIpc) is 2.69. The van der Waals surface area contributed by atoms with Crippen molar-refractivity contribution < 1.29 is 23.7 Å². The molecular weight excluding hydrogens is 356 g/mol. The van der Waals surface area contributed by atoms with Gasteiger partial charge in [-0.05, 0) is 32.6 Å². The number of hydrogen-bond donors (Lipinski definition) is 0. The maximum Gasteiger partial charge on any atom is 0.115 e. The molecule has 1 rings (SSSR count). The standard InChI is InChI=1S/C23H46O5/c1-6-10-14-24-18-20-22(26-16-12-8-3)23(27-17-13-9-4)21(19(5)28-20)25-15-11-7-2/h19-23H,6-18H2,1-5H3/t19-,20?,21?,22-,23-/m1/s1. The molecule has 0 saturated carbocycles. The number of rotatable bonds is 17. The largest absolute Gasteiger partial charge is 0.379 e. The van der Waals surface area contributed by atoms with Crippen molar-refractivity contribution in [2.45, 2.75) is 117 Å². The lowest BCUT2D eigenvalue weighted by molar-refractivity contribution is -0.262. The highest BCUT2D eigenvalue weighted by atomic mass is 16.6. The monoisotopic (exact) mass is 402 g/mol. The summed E-state index contributed by atoms with van der Waals surface area (Å²) in [6, 6.07) is 0. The smallest absolute Gasteiger partial charge is 0.115 e. The van der Waals surface area contributed by atoms with E-state index >= 15 is 0 Å². The van der Waals surface area contributed by atoms with E-state index in [1.807, 2.05) is 0 Å². The lowest BCUT2D eigenvalue weighted by atomic mass is 9.95. The van der Waals surface area contributed by atoms with Crippen molar-refractivity contribution in [1.29, 1.82) is 0 Å². The van der Waals surface area contributed by atoms with Crippen molar-refractivity contribution in [1.82, 2.24) is 0 Å². The topological polar surface area (TPSA) is 46.2 Å². The molecule has 1 heterocycles. The average molecular weight is 403 g/mol. The lowest BCUT2D eigenvalue weighted by Crippen LogP contribution is -2.60. The van der Waals surface area contributed by atoms with Crippen molar-refractivity contribution in [3.05, 3.63) is 0 Å². The number of hydrogen-bond acceptors (Lipinski definition) is 5. The van der Waals surface area contributed by atoms with Crippen molar-refractivity contribution in [2.75, 3.05) is 33.0 Å². The summed E-state index contributed by atoms with van der Waals surface area (Å²) in [6.07, 6.45) is 8.20. The van der Waals surface area contributed by atoms with Gasteiger partial charge in [0.05, 0.1) is 12.7 Å². The molecule has 0 spiro atoms. The Bertz CT molecular complexity index is 352. The first-order chi connectivity index (χ1) is 13.7. The predicted octanol–water partition coefficient (Wildman–Crippen LogP) is 5.15. The quantitative estimate of drug-likeness (QED) is 0.315. The van der Waals surface area contributed by atoms with Gasteiger partial charge in [-0.1, -0.05) is 53.4 Å². The van der Waals surface area contributed by atoms with E-state index in [2.05, 4.69) is 34.6 Å². The van der Waals surface area contributed by atoms with Gasteiger partial charge in [0.2, 0.25) is 0 Å². The number of unbranched alkanes of at least 4 members (excludes halogenated alkanes) is 4. The van der Waals surface area contributed by atoms with E-state index in [1.54, 1.807) is 0 Å². The second-order valence-electron chi connectivity index (χ2n) is 7.88. The van der Waals surface area contributed by atoms with Crippen LogP contribution < -0.4 is 0 Å². The zero-order valence-electron chi connectivity index (χ0n) is 19.1. The van der Waals surface area contributed by atoms with Crippen LogP contribution in [0.5, 0.6) is 0 Å². The van der Waals surface area contributed by atoms with E-state index in [0.29, 0.717) is 6.61 Å². The second-order valence-corrected chi connectivity index (χ2v) is 7.88. The summed E-state index contributed by atoms with van der Waals surface area (Å²) < 4.78 is 31.1. The Kier molecular flexibility index (Phi) is 15.3. The summed E-state index contributed by atoms with van der Waals surface area (Å²) in [5.41, 5.74) is 0. The van der Waals surface area contributed by atoms with E-state index in [-0.39, 0.29) is 30.5 Å². The van der Waals surface area contributed by atoms with Crippen LogP contribution in [0.1, 0.15) is 86.0 Å². The first-order valence-electron chi connectivity index (χ1n) is 11.8. The summed E-state index contributed by atoms with van der Waals surface area (Å²) in [5.74, 6) is 0. The van der Waals surface area contributed by atoms with E-state index < -0.39 is 0 Å². The summed E-state index contributed by atoms with van der Waals surface area (Å²) in [4.78, 5) is 0. The van der Waals surface area contributed by atoms with E-state index in [1.165, 1.54) is 0 Å². The van der Waals surface area contributed by atoms with Gasteiger partial charge in [-0.15, -0.1) is 0 Å². The van der Waals surface area contributed by atoms with Crippen LogP contribution in [0, 0.1) is 0 Å². The third kappa shape index (κ3) is 9.53. The van der Waals surface area contributed by atoms with Gasteiger partial charge >= 0.3 is 0 Å². The second kappa shape index (κ2) is 16.6. The van der Waals surface area contributed by atoms with Gasteiger partial charge in [0.25, 0.3) is 0 Å². The van der Waals surface area contributed by atoms with Crippen LogP contribution >= 0.6 is 0 Å². The van der Waals surface area contributed by atoms with Gasteiger partial charge in [0.15, 0.2) is 0 Å². The molecule has 0 amide bonds. The number of ether oxygens (including phenoxy) is 5. The molecule has 1 aliphatic rings. The molecule has 0 aliphatic carbocycles. The summed E-state index contributed by atoms with van der Waals surface area (Å²) in [5, 5.41) is 0. The Morgan fingerprint density at radius 3 is 1.61 bits per heavy atom. The zero-order valence-corrected chi connectivity index (χ0v) is 19.1. The van der Waals surface area contributed by atoms with Crippen LogP contribution in [0.15, 0.2) is 0 Å². The van der Waals surface area contributed by atoms with Crippen molar-refractivity contribution in [3.63, 3.8) is 0 Å². The fourth-order valence-electron chi connectivity index (χ4n) is 3.39. The molecule has 0 radical (unpaired) electrons. The Morgan fingerprint density at radius 2 is 1.07 bits per heavy atom. The lowest BCUT2D eigenvalue weighted by Gasteiger charge is -2.45. The normalized spacial score (nSPS) is 28.0. The minimum absolute atomic E-state index is 0.0331. The van der Waals surface area contributed by atoms with E-state index in [0.717, 1.165) is 77.8 Å². The third-order valence-electron chi connectivity index (χ3n) is 5.22. The van der Waals surface area contributed by atoms with Crippen LogP contribution in [0.4, 0.5) is 0 Å². The van der Waals surface area contributed by atoms with Crippen LogP contribution in [0.3, 0.4) is 0 Å². The van der Waals surface area contributed by atoms with Crippen LogP contribution in [0.2, 0.25) is 0 Å². The Balaban J connectivity index is 2.84. The van der Waals surface area contributed by atoms with Gasteiger partial charge in [-0.25, -0.2) is 0 Å². The molecular formula is C23H46O5. The van der Waals surface area contributed by atoms with Gasteiger partial charge in [-0.3, -0.25) is 0 Å². The Morgan fingerprint density at radius 1 is 0.607 bits per heavy atom. The third-order valence-corrected chi connectivity index (χ3v) is 5.22. The zero-order chi connectivity index (χ0) is 20.6. The molecule has 0 aromatic heterocycles. The molecule has 1 fully saturated rings. The van der Waals surface area contributed by atoms with Crippen molar-refractivity contribution >= 4 is 0 Å². The molecule has 5 heteroatoms. The molecule has 1 saturated heterocycles. The molecule has 0 aromatic carbocycles. The van der Waals surface area contributed by atoms with E-state index in [9.17, 15) is 0 Å². The minimum atomic E-state index is -0.146. The SMILES string of the molecule is CCCCOCC1O[C@H](C)C(OCCCC)[C@@H](OCCCC)[C@@H]1OCCCC. The molecule has 5 nitrogen and oxygen atoms in total. The maximum absolute atomic E-state index is 6.35. The summed E-state index contributed by atoms with van der Waals surface area (Å²) >= 11 is 0. The van der Waals surface area contributed by atoms with Gasteiger partial charge in [0.1, 0.15) is 24.4 Å². The summed E-state index contributed by atoms with van der Waals surface area (Å²) in [6.45, 7) is 14.3. The van der Waals surface area contributed by atoms with Gasteiger partial charge < -0.3 is 23.7 Å². The van der Waals surface area contributed by atoms with E-state index in [4.69, 9.17) is 23.7 Å². The summed E-state index contributed by atoms with van der Waals surface area (Å²) in [7, 11) is 0. The van der Waals surface area contributed by atoms with Crippen LogP contribution in [-0.4, -0.2) is 63.6 Å². The highest BCUT2D eigenvalue weighted by Gasteiger charge is 2.46.